The van der Waals surface area contributed by atoms with Crippen LogP contribution in [0.25, 0.3) is 0 Å². The van der Waals surface area contributed by atoms with Crippen LogP contribution in [0.2, 0.25) is 0 Å². The number of hydrogen-bond acceptors (Lipinski definition) is 13. The van der Waals surface area contributed by atoms with Crippen LogP contribution in [0, 0.1) is 0 Å². The van der Waals surface area contributed by atoms with Crippen molar-refractivity contribution < 1.29 is 62.8 Å². The molecule has 14 nitrogen and oxygen atoms in total. The van der Waals surface area contributed by atoms with E-state index in [0.717, 1.165) is 69.5 Å². The number of thioether (sulfide) groups is 1. The zero-order valence-electron chi connectivity index (χ0n) is 40.2. The number of aliphatic hydroxyl groups is 3. The molecule has 0 heterocycles. The Kier molecular flexibility index (Phi) is 42.8. The summed E-state index contributed by atoms with van der Waals surface area (Å²) in [5, 5.41) is 37.9. The van der Waals surface area contributed by atoms with Gasteiger partial charge in [-0.2, -0.15) is 0 Å². The predicted octanol–water partition coefficient (Wildman–Crippen LogP) is 10.1. The van der Waals surface area contributed by atoms with E-state index in [1.165, 1.54) is 38.5 Å². The van der Waals surface area contributed by atoms with Gasteiger partial charge in [-0.3, -0.25) is 23.4 Å². The number of carboxylic acid groups (broad SMARTS) is 1. The van der Waals surface area contributed by atoms with Gasteiger partial charge in [0, 0.05) is 23.8 Å². The van der Waals surface area contributed by atoms with Crippen LogP contribution in [-0.4, -0.2) is 105 Å². The first-order chi connectivity index (χ1) is 32.3. The maximum absolute atomic E-state index is 13.2. The number of aliphatic carboxylic acids is 1. The SMILES string of the molecule is CCCCC/C=C\C\C=C/C=C/C=C/[C@@H](SC[C@H](N)C(=O)O[C@H](COC(=O)CCCCC/C=C\C/C=C\C/C=C\C/C=C\CCCCC)COP(=O)(O)OC[C@@H](O)CO)[C@@H](O)CCCC(=O)O. The Labute approximate surface area is 405 Å². The van der Waals surface area contributed by atoms with Crippen LogP contribution < -0.4 is 5.73 Å². The number of esters is 2. The lowest BCUT2D eigenvalue weighted by atomic mass is 10.1. The summed E-state index contributed by atoms with van der Waals surface area (Å²) < 4.78 is 32.9. The molecule has 0 fully saturated rings. The number of carboxylic acids is 1. The zero-order valence-corrected chi connectivity index (χ0v) is 41.9. The van der Waals surface area contributed by atoms with Crippen LogP contribution in [0.15, 0.2) is 97.2 Å². The quantitative estimate of drug-likeness (QED) is 0.0110. The molecule has 16 heteroatoms. The number of carbonyl (C=O) groups excluding carboxylic acids is 2. The fraction of sp³-hybridized carbons (Fsp3) is 0.627. The van der Waals surface area contributed by atoms with Crippen LogP contribution in [0.5, 0.6) is 0 Å². The van der Waals surface area contributed by atoms with Crippen molar-refractivity contribution in [3.8, 4) is 0 Å². The largest absolute Gasteiger partial charge is 0.481 e. The first kappa shape index (κ1) is 63.6. The van der Waals surface area contributed by atoms with Crippen LogP contribution >= 0.6 is 19.6 Å². The topological polar surface area (TPSA) is 232 Å². The maximum atomic E-state index is 13.2. The van der Waals surface area contributed by atoms with Gasteiger partial charge >= 0.3 is 25.7 Å². The summed E-state index contributed by atoms with van der Waals surface area (Å²) in [4.78, 5) is 47.0. The third kappa shape index (κ3) is 42.5. The Morgan fingerprint density at radius 3 is 1.76 bits per heavy atom. The van der Waals surface area contributed by atoms with Gasteiger partial charge in [0.25, 0.3) is 0 Å². The molecule has 0 amide bonds. The van der Waals surface area contributed by atoms with Crippen molar-refractivity contribution in [2.75, 3.05) is 32.2 Å². The van der Waals surface area contributed by atoms with E-state index in [1.54, 1.807) is 18.2 Å². The molecular weight excluding hydrogens is 898 g/mol. The second kappa shape index (κ2) is 45.1. The fourth-order valence-corrected chi connectivity index (χ4v) is 7.73. The van der Waals surface area contributed by atoms with Gasteiger partial charge in [-0.15, -0.1) is 11.8 Å². The number of unbranched alkanes of at least 4 members (excludes halogenated alkanes) is 9. The fourth-order valence-electron chi connectivity index (χ4n) is 5.81. The molecule has 0 aliphatic rings. The van der Waals surface area contributed by atoms with Crippen molar-refractivity contribution in [2.24, 2.45) is 5.73 Å². The van der Waals surface area contributed by atoms with Crippen LogP contribution in [0.3, 0.4) is 0 Å². The van der Waals surface area contributed by atoms with E-state index in [4.69, 9.17) is 29.9 Å². The smallest absolute Gasteiger partial charge is 0.472 e. The van der Waals surface area contributed by atoms with Gasteiger partial charge in [0.1, 0.15) is 18.8 Å². The molecule has 0 aromatic carbocycles. The molecule has 0 radical (unpaired) electrons. The molecule has 7 N–H and O–H groups in total. The molecule has 0 bridgehead atoms. The number of carbonyl (C=O) groups is 3. The number of aliphatic hydroxyl groups excluding tert-OH is 3. The van der Waals surface area contributed by atoms with E-state index >= 15 is 0 Å². The third-order valence-electron chi connectivity index (χ3n) is 9.71. The Morgan fingerprint density at radius 1 is 0.657 bits per heavy atom. The lowest BCUT2D eigenvalue weighted by Gasteiger charge is -2.23. The average molecular weight is 982 g/mol. The molecule has 0 saturated heterocycles. The van der Waals surface area contributed by atoms with E-state index in [0.29, 0.717) is 6.42 Å². The second-order valence-corrected chi connectivity index (χ2v) is 18.6. The van der Waals surface area contributed by atoms with E-state index < -0.39 is 81.8 Å². The van der Waals surface area contributed by atoms with Crippen LogP contribution in [0.4, 0.5) is 0 Å². The average Bonchev–Trinajstić information content (AvgIpc) is 3.30. The van der Waals surface area contributed by atoms with Gasteiger partial charge in [-0.05, 0) is 83.5 Å². The van der Waals surface area contributed by atoms with Gasteiger partial charge in [-0.25, -0.2) is 4.57 Å². The monoisotopic (exact) mass is 982 g/mol. The van der Waals surface area contributed by atoms with E-state index in [1.807, 2.05) is 18.2 Å². The highest BCUT2D eigenvalue weighted by Gasteiger charge is 2.29. The summed E-state index contributed by atoms with van der Waals surface area (Å²) in [6.45, 7) is 1.69. The molecule has 6 atom stereocenters. The van der Waals surface area contributed by atoms with Crippen molar-refractivity contribution in [3.63, 3.8) is 0 Å². The van der Waals surface area contributed by atoms with Crippen molar-refractivity contribution in [1.82, 2.24) is 0 Å². The Bertz CT molecular complexity index is 1560. The molecule has 0 spiro atoms. The van der Waals surface area contributed by atoms with Crippen molar-refractivity contribution in [1.29, 1.82) is 0 Å². The first-order valence-electron chi connectivity index (χ1n) is 24.1. The number of nitrogens with two attached hydrogens (primary N) is 1. The molecule has 0 aromatic heterocycles. The summed E-state index contributed by atoms with van der Waals surface area (Å²) in [6, 6.07) is -1.25. The minimum Gasteiger partial charge on any atom is -0.481 e. The van der Waals surface area contributed by atoms with Crippen molar-refractivity contribution in [3.05, 3.63) is 97.2 Å². The zero-order chi connectivity index (χ0) is 49.6. The number of allylic oxidation sites excluding steroid dienone is 15. The summed E-state index contributed by atoms with van der Waals surface area (Å²) in [5.74, 6) is -2.52. The standard InChI is InChI=1S/C51H84NO13PS/c1-3-5-7-9-11-13-15-17-18-19-20-21-22-23-25-27-29-31-33-38-50(58)62-41-45(42-64-66(60,61)63-40-44(54)39-53)65-51(59)46(52)43-67-48(47(55)35-34-37-49(56)57)36-32-30-28-26-24-16-14-12-10-8-6-4-2/h11-14,17-18,20-21,23-26,28,30,32,36,44-48,53-55H,3-10,15-16,19,22,27,29,31,33-35,37-43,52H2,1-2H3,(H,56,57)(H,60,61)/b13-11-,14-12-,18-17-,21-20-,25-23-,26-24-,30-28+,36-32+/t44-,45+,46-,47-,48+/m0/s1. The molecular formula is C51H84NO13PS. The van der Waals surface area contributed by atoms with Gasteiger partial charge in [0.2, 0.25) is 0 Å². The Balaban J connectivity index is 5.19. The third-order valence-corrected chi connectivity index (χ3v) is 12.1. The first-order valence-corrected chi connectivity index (χ1v) is 26.7. The predicted molar refractivity (Wildman–Crippen MR) is 270 cm³/mol. The lowest BCUT2D eigenvalue weighted by Crippen LogP contribution is -2.40. The Hall–Kier alpha value is -3.37. The number of ether oxygens (including phenoxy) is 2. The van der Waals surface area contributed by atoms with Crippen LogP contribution in [0.1, 0.15) is 142 Å². The normalized spacial score (nSPS) is 15.8. The van der Waals surface area contributed by atoms with E-state index in [-0.39, 0.29) is 31.4 Å². The molecule has 0 aromatic rings. The van der Waals surface area contributed by atoms with E-state index in [9.17, 15) is 34.1 Å². The maximum Gasteiger partial charge on any atom is 0.472 e. The summed E-state index contributed by atoms with van der Waals surface area (Å²) in [5.41, 5.74) is 6.19. The lowest BCUT2D eigenvalue weighted by molar-refractivity contribution is -0.161. The molecule has 67 heavy (non-hydrogen) atoms. The highest BCUT2D eigenvalue weighted by molar-refractivity contribution is 8.00. The van der Waals surface area contributed by atoms with Gasteiger partial charge < -0.3 is 40.5 Å². The van der Waals surface area contributed by atoms with Gasteiger partial charge in [0.15, 0.2) is 6.10 Å². The highest BCUT2D eigenvalue weighted by Crippen LogP contribution is 2.43. The molecule has 0 rings (SSSR count). The minimum atomic E-state index is -4.80. The van der Waals surface area contributed by atoms with Crippen LogP contribution in [-0.2, 0) is 37.5 Å². The summed E-state index contributed by atoms with van der Waals surface area (Å²) >= 11 is 1.16. The van der Waals surface area contributed by atoms with Gasteiger partial charge in [0.05, 0.1) is 25.9 Å². The van der Waals surface area contributed by atoms with E-state index in [2.05, 4.69) is 79.1 Å². The Morgan fingerprint density at radius 2 is 1.19 bits per heavy atom. The second-order valence-electron chi connectivity index (χ2n) is 16.0. The summed E-state index contributed by atoms with van der Waals surface area (Å²) in [7, 11) is -4.80. The van der Waals surface area contributed by atoms with Crippen molar-refractivity contribution >= 4 is 37.5 Å². The number of hydrogen-bond donors (Lipinski definition) is 6. The number of rotatable bonds is 44. The number of phosphoric ester groups is 1. The number of phosphoric acid groups is 1. The molecule has 0 saturated carbocycles. The molecule has 382 valence electrons. The molecule has 0 aliphatic carbocycles. The summed E-state index contributed by atoms with van der Waals surface area (Å²) in [6.07, 6.45) is 45.6. The molecule has 0 aliphatic heterocycles. The highest BCUT2D eigenvalue weighted by atomic mass is 32.2. The minimum absolute atomic E-state index is 0.0346. The van der Waals surface area contributed by atoms with Gasteiger partial charge in [-0.1, -0.05) is 143 Å². The van der Waals surface area contributed by atoms with Crippen molar-refractivity contribution in [2.45, 2.75) is 172 Å². The molecule has 1 unspecified atom stereocenters.